The number of ether oxygens (including phenoxy) is 1. The van der Waals surface area contributed by atoms with E-state index in [1.807, 2.05) is 67.0 Å². The number of pyridine rings is 1. The molecular weight excluding hydrogens is 284 g/mol. The molecule has 0 unspecified atom stereocenters. The zero-order chi connectivity index (χ0) is 14.8. The number of rotatable bonds is 4. The molecule has 0 aliphatic heterocycles. The average molecular weight is 301 g/mol. The van der Waals surface area contributed by atoms with Crippen LogP contribution in [0.2, 0.25) is 0 Å². The highest BCUT2D eigenvalue weighted by molar-refractivity contribution is 6.17. The van der Waals surface area contributed by atoms with E-state index in [2.05, 4.69) is 4.98 Å². The number of nitrogens with zero attached hydrogens (tertiary/aromatic N) is 2. The summed E-state index contributed by atoms with van der Waals surface area (Å²) in [6.45, 7) is 4.04. The van der Waals surface area contributed by atoms with E-state index in [1.54, 1.807) is 0 Å². The van der Waals surface area contributed by atoms with Crippen LogP contribution in [0.5, 0.6) is 5.75 Å². The number of hydrogen-bond donors (Lipinski definition) is 0. The summed E-state index contributed by atoms with van der Waals surface area (Å²) in [5.74, 6) is 1.38. The molecular formula is C17H17ClN2O. The maximum Gasteiger partial charge on any atom is 0.137 e. The lowest BCUT2D eigenvalue weighted by atomic mass is 10.1. The quantitative estimate of drug-likeness (QED) is 0.662. The Morgan fingerprint density at radius 3 is 2.62 bits per heavy atom. The Hall–Kier alpha value is -2.00. The van der Waals surface area contributed by atoms with Gasteiger partial charge in [-0.2, -0.15) is 0 Å². The highest BCUT2D eigenvalue weighted by atomic mass is 35.5. The highest BCUT2D eigenvalue weighted by Gasteiger charge is 2.06. The smallest absolute Gasteiger partial charge is 0.137 e. The van der Waals surface area contributed by atoms with E-state index in [4.69, 9.17) is 16.3 Å². The van der Waals surface area contributed by atoms with Crippen molar-refractivity contribution in [3.05, 3.63) is 54.4 Å². The predicted molar refractivity (Wildman–Crippen MR) is 85.9 cm³/mol. The number of hydrogen-bond acceptors (Lipinski definition) is 2. The molecule has 3 nitrogen and oxygen atoms in total. The third-order valence-electron chi connectivity index (χ3n) is 3.20. The van der Waals surface area contributed by atoms with Gasteiger partial charge in [0.15, 0.2) is 0 Å². The minimum absolute atomic E-state index is 0.181. The maximum atomic E-state index is 5.86. The Labute approximate surface area is 129 Å². The van der Waals surface area contributed by atoms with E-state index in [1.165, 1.54) is 0 Å². The molecule has 0 aliphatic rings. The Balaban J connectivity index is 1.92. The summed E-state index contributed by atoms with van der Waals surface area (Å²) in [4.78, 5) is 4.65. The summed E-state index contributed by atoms with van der Waals surface area (Å²) in [5.41, 5.74) is 3.99. The van der Waals surface area contributed by atoms with Gasteiger partial charge in [-0.25, -0.2) is 4.98 Å². The largest absolute Gasteiger partial charge is 0.491 e. The summed E-state index contributed by atoms with van der Waals surface area (Å²) in [5, 5.41) is 0. The molecule has 2 aromatic heterocycles. The lowest BCUT2D eigenvalue weighted by Gasteiger charge is -2.09. The molecule has 21 heavy (non-hydrogen) atoms. The van der Waals surface area contributed by atoms with Gasteiger partial charge in [0.05, 0.1) is 11.8 Å². The molecule has 3 aromatic rings. The summed E-state index contributed by atoms with van der Waals surface area (Å²) in [6.07, 6.45) is 4.19. The van der Waals surface area contributed by atoms with Gasteiger partial charge in [0.2, 0.25) is 0 Å². The van der Waals surface area contributed by atoms with Gasteiger partial charge in [-0.15, -0.1) is 11.6 Å². The molecule has 4 heteroatoms. The molecule has 0 radical (unpaired) electrons. The first kappa shape index (κ1) is 14.0. The molecule has 0 fully saturated rings. The molecule has 0 amide bonds. The first-order valence-electron chi connectivity index (χ1n) is 6.96. The van der Waals surface area contributed by atoms with Gasteiger partial charge >= 0.3 is 0 Å². The van der Waals surface area contributed by atoms with Crippen molar-refractivity contribution in [3.8, 4) is 17.0 Å². The fourth-order valence-corrected chi connectivity index (χ4v) is 2.39. The van der Waals surface area contributed by atoms with Crippen molar-refractivity contribution in [3.63, 3.8) is 0 Å². The van der Waals surface area contributed by atoms with Gasteiger partial charge < -0.3 is 9.14 Å². The second kappa shape index (κ2) is 5.78. The molecule has 0 aliphatic carbocycles. The summed E-state index contributed by atoms with van der Waals surface area (Å²) < 4.78 is 7.66. The van der Waals surface area contributed by atoms with Crippen molar-refractivity contribution in [1.82, 2.24) is 9.38 Å². The first-order chi connectivity index (χ1) is 10.2. The Morgan fingerprint density at radius 2 is 1.95 bits per heavy atom. The van der Waals surface area contributed by atoms with Gasteiger partial charge in [-0.1, -0.05) is 0 Å². The molecule has 0 atom stereocenters. The lowest BCUT2D eigenvalue weighted by Crippen LogP contribution is -2.05. The van der Waals surface area contributed by atoms with Crippen LogP contribution in [0.15, 0.2) is 48.8 Å². The van der Waals surface area contributed by atoms with Crippen LogP contribution in [0.1, 0.15) is 19.4 Å². The van der Waals surface area contributed by atoms with Crippen LogP contribution in [0.3, 0.4) is 0 Å². The number of aromatic nitrogens is 2. The van der Waals surface area contributed by atoms with Gasteiger partial charge in [-0.3, -0.25) is 0 Å². The van der Waals surface area contributed by atoms with Gasteiger partial charge in [0.25, 0.3) is 0 Å². The fraction of sp³-hybridized carbons (Fsp3) is 0.235. The average Bonchev–Trinajstić information content (AvgIpc) is 2.90. The van der Waals surface area contributed by atoms with Crippen LogP contribution in [0.25, 0.3) is 16.9 Å². The van der Waals surface area contributed by atoms with E-state index in [0.29, 0.717) is 5.88 Å². The van der Waals surface area contributed by atoms with E-state index in [0.717, 1.165) is 28.2 Å². The predicted octanol–water partition coefficient (Wildman–Crippen LogP) is 4.53. The second-order valence-corrected chi connectivity index (χ2v) is 5.52. The van der Waals surface area contributed by atoms with Crippen LogP contribution in [-0.4, -0.2) is 15.5 Å². The number of alkyl halides is 1. The fourth-order valence-electron chi connectivity index (χ4n) is 2.22. The standard InChI is InChI=1S/C17H17ClN2O/c1-12(2)21-15-5-3-14(4-6-15)16-11-20-8-7-13(10-18)9-17(20)19-16/h3-9,11-12H,10H2,1-2H3. The second-order valence-electron chi connectivity index (χ2n) is 5.25. The van der Waals surface area contributed by atoms with Crippen molar-refractivity contribution in [1.29, 1.82) is 0 Å². The normalized spacial score (nSPS) is 11.2. The molecule has 0 saturated heterocycles. The van der Waals surface area contributed by atoms with Crippen LogP contribution in [0, 0.1) is 0 Å². The molecule has 0 spiro atoms. The number of fused-ring (bicyclic) bond motifs is 1. The summed E-state index contributed by atoms with van der Waals surface area (Å²) >= 11 is 5.86. The SMILES string of the molecule is CC(C)Oc1ccc(-c2cn3ccc(CCl)cc3n2)cc1. The third-order valence-corrected chi connectivity index (χ3v) is 3.51. The van der Waals surface area contributed by atoms with Crippen molar-refractivity contribution in [2.24, 2.45) is 0 Å². The van der Waals surface area contributed by atoms with Crippen LogP contribution >= 0.6 is 11.6 Å². The molecule has 0 saturated carbocycles. The van der Waals surface area contributed by atoms with E-state index in [9.17, 15) is 0 Å². The number of halogens is 1. The number of benzene rings is 1. The van der Waals surface area contributed by atoms with Gasteiger partial charge in [0, 0.05) is 23.8 Å². The van der Waals surface area contributed by atoms with E-state index < -0.39 is 0 Å². The van der Waals surface area contributed by atoms with Crippen molar-refractivity contribution in [2.75, 3.05) is 0 Å². The van der Waals surface area contributed by atoms with Crippen molar-refractivity contribution < 1.29 is 4.74 Å². The summed E-state index contributed by atoms with van der Waals surface area (Å²) in [6, 6.07) is 12.0. The van der Waals surface area contributed by atoms with Crippen molar-refractivity contribution in [2.45, 2.75) is 25.8 Å². The van der Waals surface area contributed by atoms with E-state index in [-0.39, 0.29) is 6.10 Å². The molecule has 108 valence electrons. The Kier molecular flexibility index (Phi) is 3.84. The minimum Gasteiger partial charge on any atom is -0.491 e. The van der Waals surface area contributed by atoms with Crippen LogP contribution in [0.4, 0.5) is 0 Å². The zero-order valence-corrected chi connectivity index (χ0v) is 12.8. The monoisotopic (exact) mass is 300 g/mol. The lowest BCUT2D eigenvalue weighted by molar-refractivity contribution is 0.242. The van der Waals surface area contributed by atoms with Gasteiger partial charge in [0.1, 0.15) is 11.4 Å². The Morgan fingerprint density at radius 1 is 1.19 bits per heavy atom. The van der Waals surface area contributed by atoms with Crippen LogP contribution in [-0.2, 0) is 5.88 Å². The highest BCUT2D eigenvalue weighted by Crippen LogP contribution is 2.23. The third kappa shape index (κ3) is 3.03. The number of imidazole rings is 1. The molecule has 2 heterocycles. The molecule has 3 rings (SSSR count). The summed E-state index contributed by atoms with van der Waals surface area (Å²) in [7, 11) is 0. The van der Waals surface area contributed by atoms with Gasteiger partial charge in [-0.05, 0) is 55.8 Å². The first-order valence-corrected chi connectivity index (χ1v) is 7.50. The topological polar surface area (TPSA) is 26.5 Å². The zero-order valence-electron chi connectivity index (χ0n) is 12.1. The molecule has 1 aromatic carbocycles. The molecule has 0 N–H and O–H groups in total. The van der Waals surface area contributed by atoms with Crippen molar-refractivity contribution >= 4 is 17.2 Å². The maximum absolute atomic E-state index is 5.86. The van der Waals surface area contributed by atoms with E-state index >= 15 is 0 Å². The Bertz CT molecular complexity index is 747. The minimum atomic E-state index is 0.181. The van der Waals surface area contributed by atoms with Crippen LogP contribution < -0.4 is 4.74 Å². The molecule has 0 bridgehead atoms.